The standard InChI is InChI=1S/C23H30N2O2/c1-15-6-8-19(9-7-15)24-10-12-25(13-11-24)21-17(3)20-14-16(2)27-23(20)22(26-5)18(21)4/h6-9,16H,10-14H2,1-5H3. The van der Waals surface area contributed by atoms with Crippen LogP contribution in [0.5, 0.6) is 11.5 Å². The zero-order chi connectivity index (χ0) is 19.1. The third-order valence-corrected chi connectivity index (χ3v) is 5.99. The minimum Gasteiger partial charge on any atom is -0.492 e. The fraction of sp³-hybridized carbons (Fsp3) is 0.478. The van der Waals surface area contributed by atoms with E-state index in [0.717, 1.165) is 44.1 Å². The van der Waals surface area contributed by atoms with Crippen molar-refractivity contribution in [2.45, 2.75) is 40.2 Å². The van der Waals surface area contributed by atoms with E-state index in [4.69, 9.17) is 9.47 Å². The molecule has 2 heterocycles. The van der Waals surface area contributed by atoms with E-state index in [1.807, 2.05) is 0 Å². The van der Waals surface area contributed by atoms with E-state index in [1.165, 1.54) is 33.6 Å². The normalized spacial score (nSPS) is 19.1. The Bertz CT molecular complexity index is 837. The second-order valence-electron chi connectivity index (χ2n) is 7.88. The summed E-state index contributed by atoms with van der Waals surface area (Å²) in [6.45, 7) is 12.8. The van der Waals surface area contributed by atoms with Gasteiger partial charge in [-0.25, -0.2) is 0 Å². The van der Waals surface area contributed by atoms with Crippen LogP contribution < -0.4 is 19.3 Å². The smallest absolute Gasteiger partial charge is 0.166 e. The monoisotopic (exact) mass is 366 g/mol. The number of benzene rings is 2. The summed E-state index contributed by atoms with van der Waals surface area (Å²) in [5.74, 6) is 1.87. The summed E-state index contributed by atoms with van der Waals surface area (Å²) in [6.07, 6.45) is 1.19. The summed E-state index contributed by atoms with van der Waals surface area (Å²) >= 11 is 0. The minimum atomic E-state index is 0.223. The fourth-order valence-electron chi connectivity index (χ4n) is 4.57. The highest BCUT2D eigenvalue weighted by Gasteiger charge is 2.31. The Morgan fingerprint density at radius 3 is 2.19 bits per heavy atom. The van der Waals surface area contributed by atoms with Crippen molar-refractivity contribution in [1.29, 1.82) is 0 Å². The van der Waals surface area contributed by atoms with Gasteiger partial charge in [0.25, 0.3) is 0 Å². The number of anilines is 2. The van der Waals surface area contributed by atoms with Crippen LogP contribution in [0.4, 0.5) is 11.4 Å². The van der Waals surface area contributed by atoms with Gasteiger partial charge in [-0.1, -0.05) is 17.7 Å². The van der Waals surface area contributed by atoms with E-state index < -0.39 is 0 Å². The number of fused-ring (bicyclic) bond motifs is 1. The first-order valence-corrected chi connectivity index (χ1v) is 9.92. The van der Waals surface area contributed by atoms with Crippen LogP contribution in [0.3, 0.4) is 0 Å². The first-order chi connectivity index (χ1) is 13.0. The lowest BCUT2D eigenvalue weighted by Crippen LogP contribution is -2.47. The van der Waals surface area contributed by atoms with Crippen molar-refractivity contribution in [1.82, 2.24) is 0 Å². The average Bonchev–Trinajstić information content (AvgIpc) is 3.05. The molecule has 4 heteroatoms. The van der Waals surface area contributed by atoms with E-state index >= 15 is 0 Å². The van der Waals surface area contributed by atoms with Crippen molar-refractivity contribution in [2.75, 3.05) is 43.1 Å². The van der Waals surface area contributed by atoms with Crippen molar-refractivity contribution in [3.05, 3.63) is 46.5 Å². The molecule has 27 heavy (non-hydrogen) atoms. The minimum absolute atomic E-state index is 0.223. The third kappa shape index (κ3) is 3.11. The molecule has 0 amide bonds. The van der Waals surface area contributed by atoms with Crippen LogP contribution >= 0.6 is 0 Å². The molecule has 1 saturated heterocycles. The Hall–Kier alpha value is -2.36. The fourth-order valence-corrected chi connectivity index (χ4v) is 4.57. The summed E-state index contributed by atoms with van der Waals surface area (Å²) in [7, 11) is 1.75. The molecule has 1 atom stereocenters. The molecule has 0 N–H and O–H groups in total. The molecular weight excluding hydrogens is 336 g/mol. The van der Waals surface area contributed by atoms with Gasteiger partial charge >= 0.3 is 0 Å². The summed E-state index contributed by atoms with van der Waals surface area (Å²) in [5.41, 5.74) is 7.85. The largest absolute Gasteiger partial charge is 0.492 e. The van der Waals surface area contributed by atoms with Gasteiger partial charge < -0.3 is 19.3 Å². The lowest BCUT2D eigenvalue weighted by molar-refractivity contribution is 0.243. The van der Waals surface area contributed by atoms with Gasteiger partial charge in [0.15, 0.2) is 11.5 Å². The van der Waals surface area contributed by atoms with Crippen molar-refractivity contribution in [3.63, 3.8) is 0 Å². The van der Waals surface area contributed by atoms with E-state index in [1.54, 1.807) is 7.11 Å². The Kier molecular flexibility index (Phi) is 4.67. The van der Waals surface area contributed by atoms with Crippen LogP contribution in [-0.2, 0) is 6.42 Å². The van der Waals surface area contributed by atoms with E-state index in [2.05, 4.69) is 61.8 Å². The molecular formula is C23H30N2O2. The second-order valence-corrected chi connectivity index (χ2v) is 7.88. The molecule has 4 nitrogen and oxygen atoms in total. The number of aryl methyl sites for hydroxylation is 1. The van der Waals surface area contributed by atoms with Gasteiger partial charge in [-0.05, 0) is 45.4 Å². The van der Waals surface area contributed by atoms with E-state index in [9.17, 15) is 0 Å². The van der Waals surface area contributed by atoms with E-state index in [0.29, 0.717) is 0 Å². The van der Waals surface area contributed by atoms with Crippen molar-refractivity contribution >= 4 is 11.4 Å². The zero-order valence-corrected chi connectivity index (χ0v) is 17.1. The van der Waals surface area contributed by atoms with Crippen molar-refractivity contribution < 1.29 is 9.47 Å². The molecule has 0 aliphatic carbocycles. The quantitative estimate of drug-likeness (QED) is 0.810. The van der Waals surface area contributed by atoms with Gasteiger partial charge in [0.2, 0.25) is 0 Å². The number of piperazine rings is 1. The van der Waals surface area contributed by atoms with Crippen LogP contribution in [0, 0.1) is 20.8 Å². The van der Waals surface area contributed by atoms with Crippen LogP contribution in [0.25, 0.3) is 0 Å². The Balaban J connectivity index is 1.60. The number of hydrogen-bond acceptors (Lipinski definition) is 4. The average molecular weight is 367 g/mol. The van der Waals surface area contributed by atoms with Crippen molar-refractivity contribution in [2.24, 2.45) is 0 Å². The molecule has 0 radical (unpaired) electrons. The van der Waals surface area contributed by atoms with Gasteiger partial charge in [0.05, 0.1) is 7.11 Å². The lowest BCUT2D eigenvalue weighted by Gasteiger charge is -2.39. The molecule has 2 aromatic rings. The first kappa shape index (κ1) is 18.0. The number of methoxy groups -OCH3 is 1. The SMILES string of the molecule is COc1c(C)c(N2CCN(c3ccc(C)cc3)CC2)c(C)c2c1OC(C)C2. The van der Waals surface area contributed by atoms with Gasteiger partial charge in [0, 0.05) is 55.1 Å². The zero-order valence-electron chi connectivity index (χ0n) is 17.1. The lowest BCUT2D eigenvalue weighted by atomic mass is 9.96. The Morgan fingerprint density at radius 1 is 0.926 bits per heavy atom. The Morgan fingerprint density at radius 2 is 1.56 bits per heavy atom. The maximum atomic E-state index is 6.07. The maximum Gasteiger partial charge on any atom is 0.166 e. The molecule has 4 rings (SSSR count). The summed E-state index contributed by atoms with van der Waals surface area (Å²) in [5, 5.41) is 0. The number of ether oxygens (including phenoxy) is 2. The number of hydrogen-bond donors (Lipinski definition) is 0. The van der Waals surface area contributed by atoms with Crippen LogP contribution in [-0.4, -0.2) is 39.4 Å². The van der Waals surface area contributed by atoms with Crippen LogP contribution in [0.2, 0.25) is 0 Å². The highest BCUT2D eigenvalue weighted by molar-refractivity contribution is 5.73. The number of nitrogens with zero attached hydrogens (tertiary/aromatic N) is 2. The first-order valence-electron chi connectivity index (χ1n) is 9.92. The third-order valence-electron chi connectivity index (χ3n) is 5.99. The Labute approximate surface area is 162 Å². The van der Waals surface area contributed by atoms with Crippen LogP contribution in [0.15, 0.2) is 24.3 Å². The molecule has 2 aliphatic rings. The predicted molar refractivity (Wildman–Crippen MR) is 112 cm³/mol. The van der Waals surface area contributed by atoms with Gasteiger partial charge in [-0.15, -0.1) is 0 Å². The predicted octanol–water partition coefficient (Wildman–Crippen LogP) is 4.27. The summed E-state index contributed by atoms with van der Waals surface area (Å²) in [6, 6.07) is 8.86. The molecule has 0 saturated carbocycles. The topological polar surface area (TPSA) is 24.9 Å². The van der Waals surface area contributed by atoms with Crippen LogP contribution in [0.1, 0.15) is 29.2 Å². The number of rotatable bonds is 3. The van der Waals surface area contributed by atoms with Gasteiger partial charge in [0.1, 0.15) is 6.10 Å². The molecule has 144 valence electrons. The molecule has 2 aliphatic heterocycles. The van der Waals surface area contributed by atoms with Crippen molar-refractivity contribution in [3.8, 4) is 11.5 Å². The highest BCUT2D eigenvalue weighted by Crippen LogP contribution is 2.47. The maximum absolute atomic E-state index is 6.07. The summed E-state index contributed by atoms with van der Waals surface area (Å²) < 4.78 is 11.8. The molecule has 0 aromatic heterocycles. The highest BCUT2D eigenvalue weighted by atomic mass is 16.5. The molecule has 2 aromatic carbocycles. The molecule has 1 unspecified atom stereocenters. The van der Waals surface area contributed by atoms with Gasteiger partial charge in [-0.3, -0.25) is 0 Å². The molecule has 0 spiro atoms. The summed E-state index contributed by atoms with van der Waals surface area (Å²) in [4.78, 5) is 5.01. The molecule has 1 fully saturated rings. The second kappa shape index (κ2) is 6.99. The van der Waals surface area contributed by atoms with Gasteiger partial charge in [-0.2, -0.15) is 0 Å². The molecule has 0 bridgehead atoms. The van der Waals surface area contributed by atoms with E-state index in [-0.39, 0.29) is 6.10 Å².